The van der Waals surface area contributed by atoms with E-state index in [0.29, 0.717) is 0 Å². The Morgan fingerprint density at radius 3 is 1.14 bits per heavy atom. The summed E-state index contributed by atoms with van der Waals surface area (Å²) in [5, 5.41) is 0. The molecule has 4 nitrogen and oxygen atoms in total. The SMILES string of the molecule is C1CCCC1.N[CH2][Pt]([OH])([OH])([Cl])([Cl])[CH2]N. The summed E-state index contributed by atoms with van der Waals surface area (Å²) in [6.45, 7) is 0. The second kappa shape index (κ2) is 4.54. The van der Waals surface area contributed by atoms with Gasteiger partial charge in [0.25, 0.3) is 0 Å². The molecule has 1 rings (SSSR count). The molecule has 0 aliphatic heterocycles. The molecule has 1 saturated carbocycles. The van der Waals surface area contributed by atoms with Crippen molar-refractivity contribution in [2.24, 2.45) is 11.5 Å². The fraction of sp³-hybridized carbons (Fsp3) is 1.00. The number of rotatable bonds is 2. The molecular weight excluding hydrogens is 410 g/mol. The summed E-state index contributed by atoms with van der Waals surface area (Å²) in [5.74, 6) is 0. The van der Waals surface area contributed by atoms with Crippen molar-refractivity contribution in [1.82, 2.24) is 0 Å². The molecular formula is C7H20Cl2N2O2Pt. The maximum absolute atomic E-state index is 9.08. The zero-order valence-electron chi connectivity index (χ0n) is 8.07. The Labute approximate surface area is 91.8 Å². The van der Waals surface area contributed by atoms with Crippen LogP contribution in [0.4, 0.5) is 0 Å². The van der Waals surface area contributed by atoms with Crippen molar-refractivity contribution in [3.63, 3.8) is 0 Å². The average molecular weight is 430 g/mol. The molecule has 0 aromatic heterocycles. The van der Waals surface area contributed by atoms with Gasteiger partial charge in [0, 0.05) is 0 Å². The van der Waals surface area contributed by atoms with E-state index in [0.717, 1.165) is 0 Å². The van der Waals surface area contributed by atoms with Gasteiger partial charge in [-0.3, -0.25) is 0 Å². The molecule has 0 amide bonds. The first kappa shape index (κ1) is 15.1. The average Bonchev–Trinajstić information content (AvgIpc) is 2.61. The topological polar surface area (TPSA) is 92.5 Å². The van der Waals surface area contributed by atoms with Gasteiger partial charge >= 0.3 is 59.9 Å². The van der Waals surface area contributed by atoms with Gasteiger partial charge in [0.15, 0.2) is 0 Å². The van der Waals surface area contributed by atoms with E-state index in [1.807, 2.05) is 0 Å². The predicted octanol–water partition coefficient (Wildman–Crippen LogP) is 1.12. The number of hydrogen-bond donors (Lipinski definition) is 4. The van der Waals surface area contributed by atoms with Crippen LogP contribution in [0.3, 0.4) is 0 Å². The van der Waals surface area contributed by atoms with Crippen LogP contribution >= 0.6 is 18.8 Å². The second-order valence-electron chi connectivity index (χ2n) is 3.24. The molecule has 0 atom stereocenters. The minimum atomic E-state index is -5.74. The molecule has 6 N–H and O–H groups in total. The van der Waals surface area contributed by atoms with Gasteiger partial charge in [0.2, 0.25) is 0 Å². The van der Waals surface area contributed by atoms with Crippen molar-refractivity contribution in [2.75, 3.05) is 9.87 Å². The van der Waals surface area contributed by atoms with Crippen molar-refractivity contribution in [3.8, 4) is 0 Å². The summed E-state index contributed by atoms with van der Waals surface area (Å²) in [7, 11) is 10.5. The third-order valence-corrected chi connectivity index (χ3v) is 9.43. The molecule has 0 unspecified atom stereocenters. The Morgan fingerprint density at radius 1 is 0.857 bits per heavy atom. The molecule has 1 aliphatic carbocycles. The van der Waals surface area contributed by atoms with Gasteiger partial charge < -0.3 is 0 Å². The molecule has 1 aliphatic rings. The van der Waals surface area contributed by atoms with Crippen molar-refractivity contribution in [3.05, 3.63) is 0 Å². The van der Waals surface area contributed by atoms with Crippen molar-refractivity contribution in [2.45, 2.75) is 32.1 Å². The Morgan fingerprint density at radius 2 is 1.07 bits per heavy atom. The van der Waals surface area contributed by atoms with E-state index in [9.17, 15) is 0 Å². The summed E-state index contributed by atoms with van der Waals surface area (Å²) in [4.78, 5) is -1.15. The van der Waals surface area contributed by atoms with Crippen molar-refractivity contribution < 1.29 is 19.8 Å². The first-order chi connectivity index (χ1) is 6.12. The van der Waals surface area contributed by atoms with E-state index in [1.54, 1.807) is 0 Å². The van der Waals surface area contributed by atoms with Gasteiger partial charge in [0.1, 0.15) is 0 Å². The summed E-state index contributed by atoms with van der Waals surface area (Å²) < 4.78 is 18.2. The van der Waals surface area contributed by atoms with E-state index < -0.39 is 22.1 Å². The quantitative estimate of drug-likeness (QED) is 0.529. The third-order valence-electron chi connectivity index (χ3n) is 1.86. The van der Waals surface area contributed by atoms with Crippen LogP contribution in [-0.4, -0.2) is 17.4 Å². The standard InChI is InChI=1S/C5H10.2CH4N.2ClH.2H2O.Pt/c1-2-4-5-3-1;2*1-2;;;;;/h1-5H2;2*1-2H2;2*1H;2*1H2;/q;;;;;;;+4/p-4. The van der Waals surface area contributed by atoms with Crippen LogP contribution < -0.4 is 11.5 Å². The normalized spacial score (nSPS) is 21.9. The molecule has 0 heterocycles. The summed E-state index contributed by atoms with van der Waals surface area (Å²) in [6, 6.07) is 0. The predicted molar refractivity (Wildman–Crippen MR) is 57.3 cm³/mol. The van der Waals surface area contributed by atoms with Crippen LogP contribution in [-0.2, 0) is 12.2 Å². The van der Waals surface area contributed by atoms with Crippen LogP contribution in [0.25, 0.3) is 0 Å². The third kappa shape index (κ3) is 7.41. The van der Waals surface area contributed by atoms with E-state index in [-0.39, 0.29) is 0 Å². The Kier molecular flexibility index (Phi) is 4.90. The zero-order valence-corrected chi connectivity index (χ0v) is 11.9. The van der Waals surface area contributed by atoms with Gasteiger partial charge in [-0.25, -0.2) is 0 Å². The number of hydrogen-bond acceptors (Lipinski definition) is 4. The van der Waals surface area contributed by atoms with Crippen LogP contribution in [0.2, 0.25) is 0 Å². The molecule has 14 heavy (non-hydrogen) atoms. The fourth-order valence-electron chi connectivity index (χ4n) is 0.937. The summed E-state index contributed by atoms with van der Waals surface area (Å²) in [6.07, 6.45) is 7.50. The Balaban J connectivity index is 0.000000280. The molecule has 0 spiro atoms. The van der Waals surface area contributed by atoms with Crippen LogP contribution in [0.5, 0.6) is 0 Å². The first-order valence-corrected chi connectivity index (χ1v) is 15.2. The first-order valence-electron chi connectivity index (χ1n) is 4.29. The van der Waals surface area contributed by atoms with E-state index >= 15 is 0 Å². The van der Waals surface area contributed by atoms with Crippen LogP contribution in [0, 0.1) is 0 Å². The van der Waals surface area contributed by atoms with E-state index in [2.05, 4.69) is 0 Å². The van der Waals surface area contributed by atoms with Crippen molar-refractivity contribution in [1.29, 1.82) is 0 Å². The second-order valence-corrected chi connectivity index (χ2v) is 25.8. The molecule has 0 bridgehead atoms. The molecule has 0 aromatic carbocycles. The van der Waals surface area contributed by atoms with Gasteiger partial charge in [-0.05, 0) is 0 Å². The van der Waals surface area contributed by atoms with E-state index in [1.165, 1.54) is 32.1 Å². The van der Waals surface area contributed by atoms with E-state index in [4.69, 9.17) is 37.8 Å². The van der Waals surface area contributed by atoms with Gasteiger partial charge in [-0.1, -0.05) is 32.1 Å². The molecule has 1 fully saturated rings. The minimum absolute atomic E-state index is 0.574. The Bertz CT molecular complexity index is 171. The summed E-state index contributed by atoms with van der Waals surface area (Å²) in [5.41, 5.74) is 9.85. The Hall–Kier alpha value is 1.11. The number of nitrogens with two attached hydrogens (primary N) is 2. The molecule has 7 heteroatoms. The van der Waals surface area contributed by atoms with Gasteiger partial charge in [-0.15, -0.1) is 0 Å². The summed E-state index contributed by atoms with van der Waals surface area (Å²) >= 11 is -5.74. The fourth-order valence-corrected chi connectivity index (χ4v) is 1.32. The molecule has 0 radical (unpaired) electrons. The molecule has 94 valence electrons. The zero-order chi connectivity index (χ0) is 11.4. The maximum atomic E-state index is 9.08. The van der Waals surface area contributed by atoms with Crippen LogP contribution in [0.15, 0.2) is 0 Å². The van der Waals surface area contributed by atoms with Gasteiger partial charge in [-0.2, -0.15) is 0 Å². The number of halogens is 2. The van der Waals surface area contributed by atoms with Gasteiger partial charge in [0.05, 0.1) is 0 Å². The molecule has 0 aromatic rings. The van der Waals surface area contributed by atoms with Crippen molar-refractivity contribution >= 4 is 18.8 Å². The van der Waals surface area contributed by atoms with Crippen LogP contribution in [0.1, 0.15) is 32.1 Å². The molecule has 0 saturated heterocycles. The monoisotopic (exact) mass is 429 g/mol.